The van der Waals surface area contributed by atoms with Crippen LogP contribution in [0.4, 0.5) is 5.13 Å². The monoisotopic (exact) mass is 330 g/mol. The quantitative estimate of drug-likeness (QED) is 0.853. The highest BCUT2D eigenvalue weighted by Crippen LogP contribution is 2.25. The van der Waals surface area contributed by atoms with Crippen molar-refractivity contribution in [3.05, 3.63) is 31.9 Å². The van der Waals surface area contributed by atoms with Crippen molar-refractivity contribution in [2.75, 3.05) is 11.4 Å². The molecule has 0 aliphatic heterocycles. The second-order valence-corrected chi connectivity index (χ2v) is 6.59. The van der Waals surface area contributed by atoms with Gasteiger partial charge < -0.3 is 0 Å². The van der Waals surface area contributed by atoms with Crippen LogP contribution in [0.2, 0.25) is 0 Å². The molecule has 0 saturated heterocycles. The van der Waals surface area contributed by atoms with Gasteiger partial charge in [0, 0.05) is 17.3 Å². The van der Waals surface area contributed by atoms with Crippen LogP contribution in [0.15, 0.2) is 20.6 Å². The van der Waals surface area contributed by atoms with Crippen LogP contribution in [0.3, 0.4) is 0 Å². The Bertz CT molecular complexity index is 535. The molecule has 3 nitrogen and oxygen atoms in total. The molecule has 0 aromatic carbocycles. The molecular weight excluding hydrogens is 320 g/mol. The summed E-state index contributed by atoms with van der Waals surface area (Å²) in [5, 5.41) is 4.57. The maximum atomic E-state index is 12.3. The number of carbonyl (C=O) groups is 1. The van der Waals surface area contributed by atoms with E-state index in [1.165, 1.54) is 22.7 Å². The first-order valence-corrected chi connectivity index (χ1v) is 7.65. The van der Waals surface area contributed by atoms with Crippen molar-refractivity contribution in [3.63, 3.8) is 0 Å². The molecule has 0 aliphatic rings. The first-order valence-electron chi connectivity index (χ1n) is 5.10. The van der Waals surface area contributed by atoms with E-state index in [1.807, 2.05) is 30.7 Å². The molecule has 0 spiro atoms. The van der Waals surface area contributed by atoms with Gasteiger partial charge in [-0.15, -0.1) is 22.7 Å². The number of nitrogens with zero attached hydrogens (tertiary/aromatic N) is 2. The molecule has 0 unspecified atom stereocenters. The molecule has 0 fully saturated rings. The smallest absolute Gasteiger partial charge is 0.260 e. The van der Waals surface area contributed by atoms with Gasteiger partial charge in [-0.1, -0.05) is 0 Å². The lowest BCUT2D eigenvalue weighted by atomic mass is 10.3. The van der Waals surface area contributed by atoms with E-state index in [1.54, 1.807) is 4.90 Å². The van der Waals surface area contributed by atoms with Crippen molar-refractivity contribution in [2.24, 2.45) is 0 Å². The number of aromatic nitrogens is 1. The summed E-state index contributed by atoms with van der Waals surface area (Å²) in [6.07, 6.45) is 0. The molecule has 17 heavy (non-hydrogen) atoms. The van der Waals surface area contributed by atoms with Crippen molar-refractivity contribution in [1.29, 1.82) is 0 Å². The molecule has 0 aliphatic carbocycles. The van der Waals surface area contributed by atoms with Gasteiger partial charge in [0.05, 0.1) is 15.0 Å². The zero-order valence-electron chi connectivity index (χ0n) is 9.44. The Kier molecular flexibility index (Phi) is 3.96. The summed E-state index contributed by atoms with van der Waals surface area (Å²) in [5.74, 6) is 0.00352. The molecule has 2 aromatic rings. The van der Waals surface area contributed by atoms with E-state index in [4.69, 9.17) is 0 Å². The third-order valence-corrected chi connectivity index (χ3v) is 4.70. The molecule has 1 amide bonds. The number of thiazole rings is 1. The Labute approximate surface area is 116 Å². The zero-order valence-corrected chi connectivity index (χ0v) is 12.7. The molecule has 6 heteroatoms. The maximum Gasteiger partial charge on any atom is 0.260 e. The van der Waals surface area contributed by atoms with Crippen LogP contribution in [0.1, 0.15) is 23.0 Å². The van der Waals surface area contributed by atoms with Crippen molar-refractivity contribution >= 4 is 49.6 Å². The largest absolute Gasteiger partial charge is 0.284 e. The predicted octanol–water partition coefficient (Wildman–Crippen LogP) is 3.94. The lowest BCUT2D eigenvalue weighted by Crippen LogP contribution is -2.30. The van der Waals surface area contributed by atoms with E-state index in [0.717, 1.165) is 14.6 Å². The fraction of sp³-hybridized carbons (Fsp3) is 0.273. The summed E-state index contributed by atoms with van der Waals surface area (Å²) in [6.45, 7) is 4.51. The summed E-state index contributed by atoms with van der Waals surface area (Å²) in [4.78, 5) is 18.3. The van der Waals surface area contributed by atoms with Crippen LogP contribution in [0.25, 0.3) is 0 Å². The highest BCUT2D eigenvalue weighted by molar-refractivity contribution is 9.11. The number of halogens is 1. The van der Waals surface area contributed by atoms with Crippen molar-refractivity contribution < 1.29 is 4.79 Å². The average molecular weight is 331 g/mol. The summed E-state index contributed by atoms with van der Waals surface area (Å²) in [5.41, 5.74) is 1.65. The number of thiophene rings is 1. The molecule has 2 aromatic heterocycles. The Morgan fingerprint density at radius 2 is 2.24 bits per heavy atom. The third kappa shape index (κ3) is 2.75. The first kappa shape index (κ1) is 12.7. The van der Waals surface area contributed by atoms with Gasteiger partial charge in [0.1, 0.15) is 0 Å². The van der Waals surface area contributed by atoms with E-state index in [-0.39, 0.29) is 5.91 Å². The summed E-state index contributed by atoms with van der Waals surface area (Å²) in [7, 11) is 0. The van der Waals surface area contributed by atoms with Gasteiger partial charge in [-0.2, -0.15) is 0 Å². The summed E-state index contributed by atoms with van der Waals surface area (Å²) >= 11 is 6.38. The second kappa shape index (κ2) is 5.29. The van der Waals surface area contributed by atoms with Crippen LogP contribution in [-0.4, -0.2) is 17.4 Å². The van der Waals surface area contributed by atoms with Crippen LogP contribution < -0.4 is 4.90 Å². The molecule has 0 N–H and O–H groups in total. The predicted molar refractivity (Wildman–Crippen MR) is 76.2 cm³/mol. The number of aryl methyl sites for hydroxylation is 1. The summed E-state index contributed by atoms with van der Waals surface area (Å²) in [6, 6.07) is 1.84. The maximum absolute atomic E-state index is 12.3. The minimum atomic E-state index is 0.00352. The van der Waals surface area contributed by atoms with Crippen LogP contribution in [0, 0.1) is 6.92 Å². The normalized spacial score (nSPS) is 10.5. The van der Waals surface area contributed by atoms with Gasteiger partial charge in [-0.3, -0.25) is 9.69 Å². The molecule has 2 heterocycles. The van der Waals surface area contributed by atoms with Crippen LogP contribution >= 0.6 is 38.6 Å². The highest BCUT2D eigenvalue weighted by atomic mass is 79.9. The van der Waals surface area contributed by atoms with Gasteiger partial charge >= 0.3 is 0 Å². The highest BCUT2D eigenvalue weighted by Gasteiger charge is 2.19. The number of hydrogen-bond donors (Lipinski definition) is 0. The Morgan fingerprint density at radius 1 is 1.47 bits per heavy atom. The average Bonchev–Trinajstić information content (AvgIpc) is 2.89. The Balaban J connectivity index is 2.27. The van der Waals surface area contributed by atoms with E-state index >= 15 is 0 Å². The molecule has 0 bridgehead atoms. The lowest BCUT2D eigenvalue weighted by molar-refractivity contribution is 0.0988. The number of anilines is 1. The van der Waals surface area contributed by atoms with Crippen LogP contribution in [0.5, 0.6) is 0 Å². The fourth-order valence-corrected chi connectivity index (χ4v) is 3.40. The standard InChI is InChI=1S/C11H11BrN2OS2/c1-3-14(11-13-7(2)5-17-11)10(15)8-4-9(12)16-6-8/h4-6H,3H2,1-2H3. The molecule has 0 saturated carbocycles. The van der Waals surface area contributed by atoms with Gasteiger partial charge in [0.25, 0.3) is 5.91 Å². The van der Waals surface area contributed by atoms with E-state index in [9.17, 15) is 4.79 Å². The molecular formula is C11H11BrN2OS2. The minimum absolute atomic E-state index is 0.00352. The molecule has 0 radical (unpaired) electrons. The fourth-order valence-electron chi connectivity index (χ4n) is 1.41. The number of hydrogen-bond acceptors (Lipinski definition) is 4. The van der Waals surface area contributed by atoms with E-state index in [2.05, 4.69) is 20.9 Å². The van der Waals surface area contributed by atoms with Crippen molar-refractivity contribution in [1.82, 2.24) is 4.98 Å². The third-order valence-electron chi connectivity index (χ3n) is 2.21. The number of amides is 1. The Morgan fingerprint density at radius 3 is 2.71 bits per heavy atom. The van der Waals surface area contributed by atoms with E-state index in [0.29, 0.717) is 12.1 Å². The SMILES string of the molecule is CCN(C(=O)c1csc(Br)c1)c1nc(C)cs1. The van der Waals surface area contributed by atoms with Gasteiger partial charge in [-0.25, -0.2) is 4.98 Å². The number of carbonyl (C=O) groups excluding carboxylic acids is 1. The molecule has 2 rings (SSSR count). The molecule has 90 valence electrons. The minimum Gasteiger partial charge on any atom is -0.284 e. The van der Waals surface area contributed by atoms with Crippen molar-refractivity contribution in [2.45, 2.75) is 13.8 Å². The summed E-state index contributed by atoms with van der Waals surface area (Å²) < 4.78 is 0.965. The lowest BCUT2D eigenvalue weighted by Gasteiger charge is -2.16. The Hall–Kier alpha value is -0.720. The topological polar surface area (TPSA) is 33.2 Å². The number of rotatable bonds is 3. The second-order valence-electron chi connectivity index (χ2n) is 3.46. The van der Waals surface area contributed by atoms with Gasteiger partial charge in [-0.05, 0) is 35.8 Å². The van der Waals surface area contributed by atoms with Gasteiger partial charge in [0.2, 0.25) is 0 Å². The van der Waals surface area contributed by atoms with Gasteiger partial charge in [0.15, 0.2) is 5.13 Å². The molecule has 0 atom stereocenters. The van der Waals surface area contributed by atoms with Crippen molar-refractivity contribution in [3.8, 4) is 0 Å². The van der Waals surface area contributed by atoms with Crippen LogP contribution in [-0.2, 0) is 0 Å². The zero-order chi connectivity index (χ0) is 12.4. The van der Waals surface area contributed by atoms with E-state index < -0.39 is 0 Å². The first-order chi connectivity index (χ1) is 8.11.